The van der Waals surface area contributed by atoms with Gasteiger partial charge in [-0.3, -0.25) is 4.79 Å². The van der Waals surface area contributed by atoms with Crippen LogP contribution < -0.4 is 0 Å². The van der Waals surface area contributed by atoms with Gasteiger partial charge in [0.05, 0.1) is 18.8 Å². The van der Waals surface area contributed by atoms with Crippen molar-refractivity contribution in [1.82, 2.24) is 0 Å². The van der Waals surface area contributed by atoms with Gasteiger partial charge in [-0.25, -0.2) is 0 Å². The van der Waals surface area contributed by atoms with Crippen LogP contribution in [0.5, 0.6) is 0 Å². The minimum absolute atomic E-state index is 0.0383. The maximum atomic E-state index is 12.8. The van der Waals surface area contributed by atoms with Crippen LogP contribution in [-0.4, -0.2) is 91.5 Å². The molecule has 0 aromatic heterocycles. The van der Waals surface area contributed by atoms with E-state index in [9.17, 15) is 35.4 Å². The second-order valence-electron chi connectivity index (χ2n) is 16.4. The molecule has 7 aliphatic rings. The summed E-state index contributed by atoms with van der Waals surface area (Å²) in [6.07, 6.45) is -0.858. The van der Waals surface area contributed by atoms with Gasteiger partial charge in [-0.05, 0) is 84.4 Å². The van der Waals surface area contributed by atoms with Gasteiger partial charge in [-0.2, -0.15) is 0 Å². The van der Waals surface area contributed by atoms with E-state index in [1.807, 2.05) is 6.92 Å². The largest absolute Gasteiger partial charge is 0.389 e. The Kier molecular flexibility index (Phi) is 6.05. The molecule has 2 spiro atoms. The highest BCUT2D eigenvalue weighted by molar-refractivity contribution is 5.86. The van der Waals surface area contributed by atoms with E-state index in [1.54, 1.807) is 0 Å². The summed E-state index contributed by atoms with van der Waals surface area (Å²) in [5.41, 5.74) is -2.95. The number of hydrogen-bond acceptors (Lipinski definition) is 9. The van der Waals surface area contributed by atoms with Crippen molar-refractivity contribution in [3.8, 4) is 0 Å². The van der Waals surface area contributed by atoms with Gasteiger partial charge in [0, 0.05) is 17.8 Å². The predicted octanol–water partition coefficient (Wildman–Crippen LogP) is 1.53. The number of fused-ring (bicyclic) bond motifs is 4. The molecule has 7 fully saturated rings. The van der Waals surface area contributed by atoms with Gasteiger partial charge >= 0.3 is 0 Å². The molecule has 0 radical (unpaired) electrons. The first-order valence-corrected chi connectivity index (χ1v) is 16.0. The van der Waals surface area contributed by atoms with Crippen LogP contribution in [0.4, 0.5) is 0 Å². The Labute approximate surface area is 242 Å². The monoisotopic (exact) mass is 578 g/mol. The van der Waals surface area contributed by atoms with Crippen molar-refractivity contribution in [2.45, 2.75) is 135 Å². The summed E-state index contributed by atoms with van der Waals surface area (Å²) in [6, 6.07) is 0. The third-order valence-corrected chi connectivity index (χ3v) is 15.0. The molecule has 6 aliphatic carbocycles. The van der Waals surface area contributed by atoms with Gasteiger partial charge < -0.3 is 40.1 Å². The number of aliphatic hydroxyl groups is 6. The van der Waals surface area contributed by atoms with Gasteiger partial charge in [0.1, 0.15) is 30.0 Å². The number of ether oxygens (including phenoxy) is 2. The quantitative estimate of drug-likeness (QED) is 0.268. The molecule has 1 heterocycles. The van der Waals surface area contributed by atoms with E-state index in [2.05, 4.69) is 27.7 Å². The van der Waals surface area contributed by atoms with Crippen molar-refractivity contribution in [3.05, 3.63) is 0 Å². The molecule has 9 nitrogen and oxygen atoms in total. The molecule has 6 N–H and O–H groups in total. The first-order valence-electron chi connectivity index (χ1n) is 16.0. The first-order chi connectivity index (χ1) is 19.0. The fourth-order valence-electron chi connectivity index (χ4n) is 13.1. The van der Waals surface area contributed by atoms with Crippen molar-refractivity contribution in [1.29, 1.82) is 0 Å². The van der Waals surface area contributed by atoms with E-state index in [1.165, 1.54) is 0 Å². The Morgan fingerprint density at radius 3 is 2.24 bits per heavy atom. The summed E-state index contributed by atoms with van der Waals surface area (Å²) < 4.78 is 12.0. The summed E-state index contributed by atoms with van der Waals surface area (Å²) in [5.74, 6) is -0.276. The van der Waals surface area contributed by atoms with Crippen LogP contribution in [0.15, 0.2) is 0 Å². The maximum Gasteiger partial charge on any atom is 0.186 e. The standard InChI is InChI=1S/C32H50O9/c1-15-12-16(33)24(37)32(39)23(15)28(4)10-11-31-14-30(31)9-8-20(41-25-22(36)21(35)17(34)13-40-25)27(2,3)18(30)6-7-19(31)29(28,5)26(32)38/h15,17-26,34-39H,6-14H2,1-5H3/t15-,17-,18+,19+,20+,21+,22-,23-,24+,25+,26-,28-,29-,30-,31+,32-/m1/s1. The summed E-state index contributed by atoms with van der Waals surface area (Å²) >= 11 is 0. The Hall–Kier alpha value is -0.650. The number of ketones is 1. The van der Waals surface area contributed by atoms with E-state index in [4.69, 9.17) is 9.47 Å². The molecule has 0 aromatic rings. The molecule has 232 valence electrons. The summed E-state index contributed by atoms with van der Waals surface area (Å²) in [7, 11) is 0. The predicted molar refractivity (Wildman–Crippen MR) is 146 cm³/mol. The number of Topliss-reactive ketones (excluding diaryl/α,β-unsaturated/α-hetero) is 1. The lowest BCUT2D eigenvalue weighted by molar-refractivity contribution is -0.303. The van der Waals surface area contributed by atoms with Gasteiger partial charge in [-0.1, -0.05) is 34.6 Å². The average molecular weight is 579 g/mol. The summed E-state index contributed by atoms with van der Waals surface area (Å²) in [6.45, 7) is 10.8. The number of carbonyl (C=O) groups excluding carboxylic acids is 1. The van der Waals surface area contributed by atoms with E-state index in [-0.39, 0.29) is 58.9 Å². The molecule has 9 heteroatoms. The SMILES string of the molecule is C[C@@H]1CC(=O)[C@H](O)[C@@]2(O)[C@H](O)[C@@]3(C)[C@@H]4CC[C@H]5C(C)(C)[C@@H](O[C@@H]6OC[C@@H](O)[C@H](O)[C@H]6O)CC[C@@]56C[C@@]46CC[C@]3(C)[C@@H]12. The summed E-state index contributed by atoms with van der Waals surface area (Å²) in [5, 5.41) is 65.9. The second-order valence-corrected chi connectivity index (χ2v) is 16.4. The molecule has 16 atom stereocenters. The fraction of sp³-hybridized carbons (Fsp3) is 0.969. The molecule has 7 rings (SSSR count). The Morgan fingerprint density at radius 1 is 0.878 bits per heavy atom. The van der Waals surface area contributed by atoms with Gasteiger partial charge in [-0.15, -0.1) is 0 Å². The third kappa shape index (κ3) is 3.13. The van der Waals surface area contributed by atoms with Gasteiger partial charge in [0.15, 0.2) is 12.1 Å². The zero-order valence-corrected chi connectivity index (χ0v) is 25.1. The Morgan fingerprint density at radius 2 is 1.54 bits per heavy atom. The number of rotatable bonds is 2. The van der Waals surface area contributed by atoms with Crippen LogP contribution in [0.1, 0.15) is 86.0 Å². The fourth-order valence-corrected chi connectivity index (χ4v) is 13.1. The van der Waals surface area contributed by atoms with Crippen molar-refractivity contribution in [2.75, 3.05) is 6.61 Å². The topological polar surface area (TPSA) is 157 Å². The minimum Gasteiger partial charge on any atom is -0.389 e. The number of aliphatic hydroxyl groups excluding tert-OH is 5. The molecule has 6 saturated carbocycles. The van der Waals surface area contributed by atoms with Crippen LogP contribution in [0.2, 0.25) is 0 Å². The Bertz CT molecular complexity index is 1130. The van der Waals surface area contributed by atoms with Crippen LogP contribution in [-0.2, 0) is 14.3 Å². The smallest absolute Gasteiger partial charge is 0.186 e. The van der Waals surface area contributed by atoms with Crippen molar-refractivity contribution in [2.24, 2.45) is 50.7 Å². The number of carbonyl (C=O) groups is 1. The van der Waals surface area contributed by atoms with Crippen LogP contribution in [0.25, 0.3) is 0 Å². The van der Waals surface area contributed by atoms with Crippen LogP contribution in [0.3, 0.4) is 0 Å². The highest BCUT2D eigenvalue weighted by Crippen LogP contribution is 2.89. The molecular formula is C32H50O9. The van der Waals surface area contributed by atoms with Crippen LogP contribution in [0, 0.1) is 50.7 Å². The molecular weight excluding hydrogens is 528 g/mol. The molecule has 0 unspecified atom stereocenters. The van der Waals surface area contributed by atoms with E-state index in [0.717, 1.165) is 44.9 Å². The zero-order chi connectivity index (χ0) is 29.7. The molecule has 1 aliphatic heterocycles. The van der Waals surface area contributed by atoms with Gasteiger partial charge in [0.25, 0.3) is 0 Å². The Balaban J connectivity index is 1.19. The lowest BCUT2D eigenvalue weighted by Gasteiger charge is -2.63. The highest BCUT2D eigenvalue weighted by Gasteiger charge is 2.87. The zero-order valence-electron chi connectivity index (χ0n) is 25.1. The van der Waals surface area contributed by atoms with Crippen molar-refractivity contribution >= 4 is 5.78 Å². The minimum atomic E-state index is -1.83. The molecule has 0 amide bonds. The lowest BCUT2D eigenvalue weighted by Crippen LogP contribution is -2.63. The van der Waals surface area contributed by atoms with E-state index in [0.29, 0.717) is 5.92 Å². The maximum absolute atomic E-state index is 12.8. The normalized spacial score (nSPS) is 62.6. The third-order valence-electron chi connectivity index (χ3n) is 15.0. The molecule has 0 aromatic carbocycles. The number of hydrogen-bond donors (Lipinski definition) is 6. The lowest BCUT2D eigenvalue weighted by atomic mass is 9.41. The van der Waals surface area contributed by atoms with Gasteiger partial charge in [0.2, 0.25) is 0 Å². The van der Waals surface area contributed by atoms with Crippen molar-refractivity contribution in [3.63, 3.8) is 0 Å². The highest BCUT2D eigenvalue weighted by atomic mass is 16.7. The average Bonchev–Trinajstić information content (AvgIpc) is 3.55. The molecule has 41 heavy (non-hydrogen) atoms. The molecule has 1 saturated heterocycles. The summed E-state index contributed by atoms with van der Waals surface area (Å²) in [4.78, 5) is 12.8. The van der Waals surface area contributed by atoms with Crippen LogP contribution >= 0.6 is 0 Å². The van der Waals surface area contributed by atoms with Crippen molar-refractivity contribution < 1.29 is 44.9 Å². The van der Waals surface area contributed by atoms with E-state index >= 15 is 0 Å². The van der Waals surface area contributed by atoms with E-state index < -0.39 is 53.2 Å². The second kappa shape index (κ2) is 8.53. The molecule has 0 bridgehead atoms. The first kappa shape index (κ1) is 29.1.